The molecule has 144 valence electrons. The van der Waals surface area contributed by atoms with Gasteiger partial charge in [0.05, 0.1) is 28.2 Å². The van der Waals surface area contributed by atoms with Crippen molar-refractivity contribution in [2.75, 3.05) is 6.26 Å². The molecule has 1 saturated heterocycles. The molecule has 0 spiro atoms. The Bertz CT molecular complexity index is 1110. The molecule has 2 atom stereocenters. The summed E-state index contributed by atoms with van der Waals surface area (Å²) in [6.45, 7) is 0.865. The molecule has 6 nitrogen and oxygen atoms in total. The Morgan fingerprint density at radius 3 is 2.64 bits per heavy atom. The van der Waals surface area contributed by atoms with Crippen LogP contribution in [0, 0.1) is 0 Å². The van der Waals surface area contributed by atoms with E-state index in [9.17, 15) is 8.42 Å². The van der Waals surface area contributed by atoms with Gasteiger partial charge in [0.2, 0.25) is 0 Å². The Morgan fingerprint density at radius 1 is 1.11 bits per heavy atom. The summed E-state index contributed by atoms with van der Waals surface area (Å²) in [5.74, 6) is 0. The molecule has 28 heavy (non-hydrogen) atoms. The summed E-state index contributed by atoms with van der Waals surface area (Å²) >= 11 is 0. The highest BCUT2D eigenvalue weighted by Gasteiger charge is 2.41. The Hall–Kier alpha value is -2.51. The number of fused-ring (bicyclic) bond motifs is 4. The van der Waals surface area contributed by atoms with Crippen molar-refractivity contribution in [2.45, 2.75) is 42.8 Å². The SMILES string of the molecule is CS(=O)(=O)c1ccc(-n2ncc3c2C[C@H]2CC[C@@H]3N2Cc2ccccn2)cc1. The molecular weight excluding hydrogens is 372 g/mol. The Labute approximate surface area is 164 Å². The van der Waals surface area contributed by atoms with E-state index in [0.29, 0.717) is 17.0 Å². The zero-order chi connectivity index (χ0) is 19.3. The molecule has 5 rings (SSSR count). The number of nitrogens with zero attached hydrogens (tertiary/aromatic N) is 4. The number of hydrogen-bond donors (Lipinski definition) is 0. The average molecular weight is 395 g/mol. The Morgan fingerprint density at radius 2 is 1.93 bits per heavy atom. The number of sulfone groups is 1. The Balaban J connectivity index is 1.46. The lowest BCUT2D eigenvalue weighted by atomic mass is 9.99. The van der Waals surface area contributed by atoms with Crippen LogP contribution in [0.25, 0.3) is 5.69 Å². The van der Waals surface area contributed by atoms with Crippen LogP contribution in [0.5, 0.6) is 0 Å². The first-order valence-electron chi connectivity index (χ1n) is 9.53. The maximum absolute atomic E-state index is 11.7. The molecule has 7 heteroatoms. The number of hydrogen-bond acceptors (Lipinski definition) is 5. The van der Waals surface area contributed by atoms with Crippen LogP contribution in [0.3, 0.4) is 0 Å². The van der Waals surface area contributed by atoms with Gasteiger partial charge in [-0.1, -0.05) is 6.07 Å². The molecule has 0 N–H and O–H groups in total. The van der Waals surface area contributed by atoms with Gasteiger partial charge in [0, 0.05) is 43.1 Å². The van der Waals surface area contributed by atoms with E-state index in [1.54, 1.807) is 12.1 Å². The highest BCUT2D eigenvalue weighted by molar-refractivity contribution is 7.90. The quantitative estimate of drug-likeness (QED) is 0.681. The molecule has 1 fully saturated rings. The smallest absolute Gasteiger partial charge is 0.175 e. The minimum atomic E-state index is -3.19. The van der Waals surface area contributed by atoms with Crippen LogP contribution in [0.2, 0.25) is 0 Å². The molecule has 0 unspecified atom stereocenters. The lowest BCUT2D eigenvalue weighted by Gasteiger charge is -2.34. The van der Waals surface area contributed by atoms with Crippen molar-refractivity contribution in [3.05, 3.63) is 71.8 Å². The molecule has 2 aromatic heterocycles. The van der Waals surface area contributed by atoms with Crippen LogP contribution in [0.1, 0.15) is 35.8 Å². The standard InChI is InChI=1S/C21H22N4O2S/c1-28(26,27)18-8-5-16(6-9-18)25-21-12-17-7-10-20(19(21)13-23-25)24(17)14-15-4-2-3-11-22-15/h2-6,8-9,11,13,17,20H,7,10,12,14H2,1H3/t17-,20+/m1/s1. The van der Waals surface area contributed by atoms with Crippen LogP contribution >= 0.6 is 0 Å². The maximum atomic E-state index is 11.7. The number of benzene rings is 1. The lowest BCUT2D eigenvalue weighted by molar-refractivity contribution is 0.165. The van der Waals surface area contributed by atoms with Gasteiger partial charge in [0.1, 0.15) is 0 Å². The first kappa shape index (κ1) is 17.6. The first-order valence-corrected chi connectivity index (χ1v) is 11.4. The van der Waals surface area contributed by atoms with Gasteiger partial charge in [-0.05, 0) is 49.2 Å². The van der Waals surface area contributed by atoms with E-state index in [0.717, 1.165) is 30.8 Å². The van der Waals surface area contributed by atoms with Crippen molar-refractivity contribution >= 4 is 9.84 Å². The lowest BCUT2D eigenvalue weighted by Crippen LogP contribution is -2.37. The zero-order valence-corrected chi connectivity index (χ0v) is 16.5. The molecule has 2 aliphatic rings. The summed E-state index contributed by atoms with van der Waals surface area (Å²) < 4.78 is 25.4. The predicted molar refractivity (Wildman–Crippen MR) is 106 cm³/mol. The fourth-order valence-corrected chi connectivity index (χ4v) is 5.19. The zero-order valence-electron chi connectivity index (χ0n) is 15.7. The van der Waals surface area contributed by atoms with Crippen molar-refractivity contribution in [1.82, 2.24) is 19.7 Å². The van der Waals surface area contributed by atoms with Crippen molar-refractivity contribution in [1.29, 1.82) is 0 Å². The van der Waals surface area contributed by atoms with Crippen molar-refractivity contribution in [3.63, 3.8) is 0 Å². The summed E-state index contributed by atoms with van der Waals surface area (Å²) in [5.41, 5.74) is 4.55. The molecule has 2 aliphatic heterocycles. The predicted octanol–water partition coefficient (Wildman–Crippen LogP) is 2.93. The second-order valence-electron chi connectivity index (χ2n) is 7.67. The average Bonchev–Trinajstić information content (AvgIpc) is 3.22. The summed E-state index contributed by atoms with van der Waals surface area (Å²) in [6, 6.07) is 13.9. The van der Waals surface area contributed by atoms with E-state index in [1.165, 1.54) is 23.9 Å². The van der Waals surface area contributed by atoms with Crippen LogP contribution in [-0.2, 0) is 22.8 Å². The van der Waals surface area contributed by atoms with Crippen molar-refractivity contribution < 1.29 is 8.42 Å². The van der Waals surface area contributed by atoms with Gasteiger partial charge in [-0.2, -0.15) is 5.10 Å². The summed E-state index contributed by atoms with van der Waals surface area (Å²) in [5, 5.41) is 4.65. The van der Waals surface area contributed by atoms with Crippen LogP contribution in [0.15, 0.2) is 59.8 Å². The van der Waals surface area contributed by atoms with E-state index in [4.69, 9.17) is 0 Å². The fourth-order valence-electron chi connectivity index (χ4n) is 4.56. The molecule has 0 radical (unpaired) electrons. The third-order valence-electron chi connectivity index (χ3n) is 5.91. The number of aromatic nitrogens is 3. The third-order valence-corrected chi connectivity index (χ3v) is 7.04. The molecule has 2 bridgehead atoms. The highest BCUT2D eigenvalue weighted by atomic mass is 32.2. The summed E-state index contributed by atoms with van der Waals surface area (Å²) in [6.07, 6.45) is 8.34. The highest BCUT2D eigenvalue weighted by Crippen LogP contribution is 2.44. The first-order chi connectivity index (χ1) is 13.5. The maximum Gasteiger partial charge on any atom is 0.175 e. The van der Waals surface area contributed by atoms with Crippen LogP contribution < -0.4 is 0 Å². The Kier molecular flexibility index (Phi) is 4.10. The second kappa shape index (κ2) is 6.53. The van der Waals surface area contributed by atoms with Crippen molar-refractivity contribution in [3.8, 4) is 5.69 Å². The molecule has 0 amide bonds. The molecular formula is C21H22N4O2S. The minimum Gasteiger partial charge on any atom is -0.287 e. The van der Waals surface area contributed by atoms with Crippen LogP contribution in [-0.4, -0.2) is 40.4 Å². The van der Waals surface area contributed by atoms with Crippen LogP contribution in [0.4, 0.5) is 0 Å². The topological polar surface area (TPSA) is 68.1 Å². The monoisotopic (exact) mass is 394 g/mol. The summed E-state index contributed by atoms with van der Waals surface area (Å²) in [7, 11) is -3.19. The summed E-state index contributed by atoms with van der Waals surface area (Å²) in [4.78, 5) is 7.39. The van der Waals surface area contributed by atoms with Gasteiger partial charge in [-0.15, -0.1) is 0 Å². The third kappa shape index (κ3) is 2.95. The van der Waals surface area contributed by atoms with E-state index >= 15 is 0 Å². The van der Waals surface area contributed by atoms with Crippen molar-refractivity contribution in [2.24, 2.45) is 0 Å². The van der Waals surface area contributed by atoms with Gasteiger partial charge in [0.15, 0.2) is 9.84 Å². The fraction of sp³-hybridized carbons (Fsp3) is 0.333. The molecule has 0 saturated carbocycles. The largest absolute Gasteiger partial charge is 0.287 e. The normalized spacial score (nSPS) is 21.6. The molecule has 3 aromatic rings. The van der Waals surface area contributed by atoms with E-state index < -0.39 is 9.84 Å². The second-order valence-corrected chi connectivity index (χ2v) is 9.68. The van der Waals surface area contributed by atoms with Gasteiger partial charge in [-0.3, -0.25) is 9.88 Å². The molecule has 0 aliphatic carbocycles. The van der Waals surface area contributed by atoms with Gasteiger partial charge in [-0.25, -0.2) is 13.1 Å². The molecule has 4 heterocycles. The van der Waals surface area contributed by atoms with E-state index in [2.05, 4.69) is 21.0 Å². The van der Waals surface area contributed by atoms with Gasteiger partial charge < -0.3 is 0 Å². The van der Waals surface area contributed by atoms with E-state index in [-0.39, 0.29) is 0 Å². The number of pyridine rings is 1. The number of rotatable bonds is 4. The van der Waals surface area contributed by atoms with E-state index in [1.807, 2.05) is 41.3 Å². The molecule has 1 aromatic carbocycles. The minimum absolute atomic E-state index is 0.332. The van der Waals surface area contributed by atoms with Gasteiger partial charge in [0.25, 0.3) is 0 Å². The van der Waals surface area contributed by atoms with Gasteiger partial charge >= 0.3 is 0 Å².